The van der Waals surface area contributed by atoms with Crippen molar-refractivity contribution in [3.05, 3.63) is 65.5 Å². The van der Waals surface area contributed by atoms with Crippen molar-refractivity contribution in [3.8, 4) is 0 Å². The molecule has 0 aliphatic carbocycles. The van der Waals surface area contributed by atoms with Crippen molar-refractivity contribution in [2.75, 3.05) is 6.54 Å². The smallest absolute Gasteiger partial charge is 0.239 e. The second-order valence-electron chi connectivity index (χ2n) is 6.06. The standard InChI is InChI=1S/C18H19F2N3O/c19-15-6-3-5-14(17(15)20)12-7-8-16(21)18(24)23(10-12)11-13-4-1-2-9-22-13/h1-6,9,12,16H,7-8,10-11,21H2. The fourth-order valence-corrected chi connectivity index (χ4v) is 3.11. The number of carbonyl (C=O) groups is 1. The number of rotatable bonds is 3. The fourth-order valence-electron chi connectivity index (χ4n) is 3.11. The molecule has 0 radical (unpaired) electrons. The Morgan fingerprint density at radius 1 is 1.17 bits per heavy atom. The van der Waals surface area contributed by atoms with Crippen molar-refractivity contribution in [1.82, 2.24) is 9.88 Å². The van der Waals surface area contributed by atoms with Crippen molar-refractivity contribution in [1.29, 1.82) is 0 Å². The molecule has 0 spiro atoms. The van der Waals surface area contributed by atoms with Crippen LogP contribution in [0.3, 0.4) is 0 Å². The summed E-state index contributed by atoms with van der Waals surface area (Å²) >= 11 is 0. The van der Waals surface area contributed by atoms with Crippen LogP contribution in [0, 0.1) is 11.6 Å². The average Bonchev–Trinajstić information content (AvgIpc) is 2.72. The lowest BCUT2D eigenvalue weighted by atomic mass is 9.93. The van der Waals surface area contributed by atoms with Gasteiger partial charge in [0.25, 0.3) is 0 Å². The number of carbonyl (C=O) groups excluding carboxylic acids is 1. The lowest BCUT2D eigenvalue weighted by Gasteiger charge is -2.25. The van der Waals surface area contributed by atoms with E-state index in [1.165, 1.54) is 6.07 Å². The van der Waals surface area contributed by atoms with Crippen LogP contribution in [-0.4, -0.2) is 28.4 Å². The molecule has 1 aliphatic rings. The minimum atomic E-state index is -0.872. The summed E-state index contributed by atoms with van der Waals surface area (Å²) in [5.74, 6) is -2.19. The Balaban J connectivity index is 1.87. The number of pyridine rings is 1. The number of benzene rings is 1. The molecule has 1 saturated heterocycles. The highest BCUT2D eigenvalue weighted by molar-refractivity contribution is 5.82. The van der Waals surface area contributed by atoms with Crippen molar-refractivity contribution < 1.29 is 13.6 Å². The average molecular weight is 331 g/mol. The van der Waals surface area contributed by atoms with Crippen LogP contribution in [0.15, 0.2) is 42.6 Å². The van der Waals surface area contributed by atoms with Gasteiger partial charge in [0, 0.05) is 18.7 Å². The largest absolute Gasteiger partial charge is 0.335 e. The summed E-state index contributed by atoms with van der Waals surface area (Å²) in [4.78, 5) is 18.3. The Morgan fingerprint density at radius 3 is 2.75 bits per heavy atom. The van der Waals surface area contributed by atoms with Gasteiger partial charge >= 0.3 is 0 Å². The summed E-state index contributed by atoms with van der Waals surface area (Å²) in [7, 11) is 0. The van der Waals surface area contributed by atoms with Crippen LogP contribution in [0.1, 0.15) is 30.0 Å². The Kier molecular flexibility index (Phi) is 4.85. The number of hydrogen-bond donors (Lipinski definition) is 1. The molecule has 2 unspecified atom stereocenters. The second kappa shape index (κ2) is 7.05. The lowest BCUT2D eigenvalue weighted by molar-refractivity contribution is -0.132. The number of halogens is 2. The van der Waals surface area contributed by atoms with Crippen LogP contribution < -0.4 is 5.73 Å². The summed E-state index contributed by atoms with van der Waals surface area (Å²) in [6, 6.07) is 8.99. The van der Waals surface area contributed by atoms with E-state index in [9.17, 15) is 13.6 Å². The van der Waals surface area contributed by atoms with Crippen LogP contribution in [0.25, 0.3) is 0 Å². The van der Waals surface area contributed by atoms with E-state index in [1.807, 2.05) is 12.1 Å². The maximum atomic E-state index is 14.1. The van der Waals surface area contributed by atoms with Crippen LogP contribution in [-0.2, 0) is 11.3 Å². The molecule has 1 aromatic carbocycles. The minimum Gasteiger partial charge on any atom is -0.335 e. The molecule has 1 aromatic heterocycles. The summed E-state index contributed by atoms with van der Waals surface area (Å²) in [5.41, 5.74) is 6.98. The molecule has 2 N–H and O–H groups in total. The highest BCUT2D eigenvalue weighted by Gasteiger charge is 2.31. The molecule has 126 valence electrons. The molecule has 4 nitrogen and oxygen atoms in total. The van der Waals surface area contributed by atoms with Crippen molar-refractivity contribution >= 4 is 5.91 Å². The predicted molar refractivity (Wildman–Crippen MR) is 86.0 cm³/mol. The highest BCUT2D eigenvalue weighted by Crippen LogP contribution is 2.30. The maximum absolute atomic E-state index is 14.1. The summed E-state index contributed by atoms with van der Waals surface area (Å²) in [5, 5.41) is 0. The van der Waals surface area contributed by atoms with Gasteiger partial charge in [-0.3, -0.25) is 9.78 Å². The molecular formula is C18H19F2N3O. The molecular weight excluding hydrogens is 312 g/mol. The fraction of sp³-hybridized carbons (Fsp3) is 0.333. The molecule has 0 bridgehead atoms. The van der Waals surface area contributed by atoms with Gasteiger partial charge in [0.1, 0.15) is 0 Å². The number of amides is 1. The molecule has 1 fully saturated rings. The minimum absolute atomic E-state index is 0.181. The van der Waals surface area contributed by atoms with Gasteiger partial charge in [-0.2, -0.15) is 0 Å². The zero-order valence-corrected chi connectivity index (χ0v) is 13.2. The van der Waals surface area contributed by atoms with E-state index in [2.05, 4.69) is 4.98 Å². The molecule has 2 atom stereocenters. The summed E-state index contributed by atoms with van der Waals surface area (Å²) in [6.45, 7) is 0.601. The third-order valence-corrected chi connectivity index (χ3v) is 4.40. The molecule has 2 heterocycles. The number of likely N-dealkylation sites (tertiary alicyclic amines) is 1. The van der Waals surface area contributed by atoms with E-state index < -0.39 is 17.7 Å². The monoisotopic (exact) mass is 331 g/mol. The van der Waals surface area contributed by atoms with Crippen LogP contribution >= 0.6 is 0 Å². The van der Waals surface area contributed by atoms with Crippen molar-refractivity contribution in [2.24, 2.45) is 5.73 Å². The van der Waals surface area contributed by atoms with Gasteiger partial charge < -0.3 is 10.6 Å². The molecule has 0 saturated carbocycles. The first-order valence-corrected chi connectivity index (χ1v) is 7.94. The second-order valence-corrected chi connectivity index (χ2v) is 6.06. The lowest BCUT2D eigenvalue weighted by Crippen LogP contribution is -2.42. The van der Waals surface area contributed by atoms with Gasteiger partial charge in [-0.1, -0.05) is 18.2 Å². The predicted octanol–water partition coefficient (Wildman–Crippen LogP) is 2.59. The van der Waals surface area contributed by atoms with Gasteiger partial charge in [-0.25, -0.2) is 8.78 Å². The Hall–Kier alpha value is -2.34. The zero-order chi connectivity index (χ0) is 17.1. The van der Waals surface area contributed by atoms with Crippen LogP contribution in [0.5, 0.6) is 0 Å². The van der Waals surface area contributed by atoms with E-state index in [0.717, 1.165) is 11.8 Å². The van der Waals surface area contributed by atoms with E-state index in [0.29, 0.717) is 31.5 Å². The van der Waals surface area contributed by atoms with E-state index in [4.69, 9.17) is 5.73 Å². The third-order valence-electron chi connectivity index (χ3n) is 4.40. The molecule has 1 amide bonds. The van der Waals surface area contributed by atoms with Crippen LogP contribution in [0.2, 0.25) is 0 Å². The molecule has 1 aliphatic heterocycles. The summed E-state index contributed by atoms with van der Waals surface area (Å²) < 4.78 is 27.7. The van der Waals surface area contributed by atoms with Gasteiger partial charge in [-0.05, 0) is 36.6 Å². The number of aromatic nitrogens is 1. The Bertz CT molecular complexity index is 723. The zero-order valence-electron chi connectivity index (χ0n) is 13.2. The number of hydrogen-bond acceptors (Lipinski definition) is 3. The number of nitrogens with two attached hydrogens (primary N) is 1. The van der Waals surface area contributed by atoms with E-state index in [1.54, 1.807) is 23.2 Å². The van der Waals surface area contributed by atoms with Gasteiger partial charge in [0.2, 0.25) is 5.91 Å². The highest BCUT2D eigenvalue weighted by atomic mass is 19.2. The maximum Gasteiger partial charge on any atom is 0.239 e. The quantitative estimate of drug-likeness (QED) is 0.940. The normalized spacial score (nSPS) is 21.6. The van der Waals surface area contributed by atoms with Crippen molar-refractivity contribution in [2.45, 2.75) is 31.3 Å². The topological polar surface area (TPSA) is 59.2 Å². The molecule has 3 rings (SSSR count). The first-order chi connectivity index (χ1) is 11.6. The third kappa shape index (κ3) is 3.43. The van der Waals surface area contributed by atoms with Crippen LogP contribution in [0.4, 0.5) is 8.78 Å². The van der Waals surface area contributed by atoms with E-state index in [-0.39, 0.29) is 11.8 Å². The first-order valence-electron chi connectivity index (χ1n) is 7.94. The first kappa shape index (κ1) is 16.5. The van der Waals surface area contributed by atoms with Gasteiger partial charge in [-0.15, -0.1) is 0 Å². The SMILES string of the molecule is NC1CCC(c2cccc(F)c2F)CN(Cc2ccccn2)C1=O. The molecule has 6 heteroatoms. The Morgan fingerprint density at radius 2 is 2.00 bits per heavy atom. The van der Waals surface area contributed by atoms with Gasteiger partial charge in [0.05, 0.1) is 18.3 Å². The number of nitrogens with zero attached hydrogens (tertiary/aromatic N) is 2. The van der Waals surface area contributed by atoms with Crippen molar-refractivity contribution in [3.63, 3.8) is 0 Å². The van der Waals surface area contributed by atoms with Gasteiger partial charge in [0.15, 0.2) is 11.6 Å². The summed E-state index contributed by atoms with van der Waals surface area (Å²) in [6.07, 6.45) is 2.63. The molecule has 24 heavy (non-hydrogen) atoms. The van der Waals surface area contributed by atoms with E-state index >= 15 is 0 Å². The Labute approximate surface area is 139 Å². The molecule has 2 aromatic rings.